The summed E-state index contributed by atoms with van der Waals surface area (Å²) in [6.07, 6.45) is -7.92. The summed E-state index contributed by atoms with van der Waals surface area (Å²) in [5.41, 5.74) is -3.59. The number of aromatic nitrogens is 1. The Hall–Kier alpha value is -1.25. The maximum atomic E-state index is 12.7. The Kier molecular flexibility index (Phi) is 4.83. The molecule has 0 aliphatic heterocycles. The van der Waals surface area contributed by atoms with Crippen molar-refractivity contribution in [3.63, 3.8) is 0 Å². The second-order valence-corrected chi connectivity index (χ2v) is 4.06. The third-order valence-corrected chi connectivity index (χ3v) is 2.89. The first-order valence-corrected chi connectivity index (χ1v) is 5.70. The minimum absolute atomic E-state index is 0.0453. The van der Waals surface area contributed by atoms with E-state index in [-0.39, 0.29) is 6.61 Å². The summed E-state index contributed by atoms with van der Waals surface area (Å²) in [6.45, 7) is 1.42. The molecule has 0 unspecified atom stereocenters. The number of esters is 1. The Morgan fingerprint density at radius 2 is 2.05 bits per heavy atom. The summed E-state index contributed by atoms with van der Waals surface area (Å²) >= 11 is 2.57. The number of carbonyl (C=O) groups is 1. The second-order valence-electron chi connectivity index (χ2n) is 3.27. The smallest absolute Gasteiger partial charge is 0.433 e. The number of pyridine rings is 1. The molecular weight excluding hydrogens is 341 g/mol. The van der Waals surface area contributed by atoms with E-state index in [0.717, 1.165) is 0 Å². The molecule has 1 aromatic rings. The molecule has 3 nitrogen and oxygen atoms in total. The summed E-state index contributed by atoms with van der Waals surface area (Å²) < 4.78 is 66.9. The van der Waals surface area contributed by atoms with Crippen LogP contribution in [0.15, 0.2) is 10.7 Å². The lowest BCUT2D eigenvalue weighted by molar-refractivity contribution is -0.143. The number of halogens is 6. The Balaban J connectivity index is 3.44. The predicted molar refractivity (Wildman–Crippen MR) is 57.9 cm³/mol. The van der Waals surface area contributed by atoms with E-state index in [0.29, 0.717) is 6.20 Å². The summed E-state index contributed by atoms with van der Waals surface area (Å²) in [5, 5.41) is 0. The van der Waals surface area contributed by atoms with Crippen LogP contribution >= 0.6 is 15.9 Å². The number of hydrogen-bond acceptors (Lipinski definition) is 3. The lowest BCUT2D eigenvalue weighted by Gasteiger charge is -2.14. The summed E-state index contributed by atoms with van der Waals surface area (Å²) in [7, 11) is 0. The molecule has 0 atom stereocenters. The molecule has 1 heterocycles. The van der Waals surface area contributed by atoms with Crippen molar-refractivity contribution in [3.05, 3.63) is 27.5 Å². The molecule has 106 valence electrons. The van der Waals surface area contributed by atoms with Crippen molar-refractivity contribution in [2.45, 2.75) is 19.5 Å². The third kappa shape index (κ3) is 3.40. The fraction of sp³-hybridized carbons (Fsp3) is 0.400. The van der Waals surface area contributed by atoms with E-state index < -0.39 is 39.9 Å². The Morgan fingerprint density at radius 3 is 2.47 bits per heavy atom. The zero-order valence-electron chi connectivity index (χ0n) is 9.39. The van der Waals surface area contributed by atoms with Crippen molar-refractivity contribution in [2.75, 3.05) is 6.61 Å². The molecule has 0 aliphatic rings. The monoisotopic (exact) mass is 347 g/mol. The number of rotatable bonds is 3. The molecule has 9 heteroatoms. The van der Waals surface area contributed by atoms with Crippen molar-refractivity contribution in [2.24, 2.45) is 0 Å². The molecule has 0 aromatic carbocycles. The quantitative estimate of drug-likeness (QED) is 0.613. The largest absolute Gasteiger partial charge is 0.462 e. The normalized spacial score (nSPS) is 11.8. The molecular formula is C10H7BrF5NO2. The van der Waals surface area contributed by atoms with Crippen LogP contribution in [-0.4, -0.2) is 17.6 Å². The maximum absolute atomic E-state index is 12.7. The standard InChI is InChI=1S/C10H7BrF5NO2/c1-2-19-9(18)4-3-17-7(10(14,15)16)5(6(4)11)8(12)13/h3,8H,2H2,1H3. The number of carbonyl (C=O) groups excluding carboxylic acids is 1. The molecule has 0 aliphatic carbocycles. The van der Waals surface area contributed by atoms with Gasteiger partial charge in [-0.25, -0.2) is 13.6 Å². The fourth-order valence-electron chi connectivity index (χ4n) is 1.28. The Morgan fingerprint density at radius 1 is 1.47 bits per heavy atom. The first-order chi connectivity index (χ1) is 8.70. The van der Waals surface area contributed by atoms with Gasteiger partial charge in [-0.3, -0.25) is 4.98 Å². The van der Waals surface area contributed by atoms with Crippen LogP contribution in [0, 0.1) is 0 Å². The number of nitrogens with zero attached hydrogens (tertiary/aromatic N) is 1. The molecule has 0 amide bonds. The minimum atomic E-state index is -5.04. The molecule has 0 spiro atoms. The number of alkyl halides is 5. The predicted octanol–water partition coefficient (Wildman–Crippen LogP) is 3.98. The second kappa shape index (κ2) is 5.81. The van der Waals surface area contributed by atoms with Crippen LogP contribution in [-0.2, 0) is 10.9 Å². The van der Waals surface area contributed by atoms with Crippen LogP contribution in [0.1, 0.15) is 35.0 Å². The van der Waals surface area contributed by atoms with E-state index in [1.165, 1.54) is 6.92 Å². The summed E-state index contributed by atoms with van der Waals surface area (Å²) in [6, 6.07) is 0. The number of hydrogen-bond donors (Lipinski definition) is 0. The molecule has 19 heavy (non-hydrogen) atoms. The zero-order chi connectivity index (χ0) is 14.8. The van der Waals surface area contributed by atoms with E-state index in [9.17, 15) is 26.7 Å². The molecule has 0 saturated heterocycles. The molecule has 0 fully saturated rings. The highest BCUT2D eigenvalue weighted by Crippen LogP contribution is 2.39. The van der Waals surface area contributed by atoms with Gasteiger partial charge >= 0.3 is 12.1 Å². The van der Waals surface area contributed by atoms with Crippen LogP contribution in [0.5, 0.6) is 0 Å². The van der Waals surface area contributed by atoms with Gasteiger partial charge in [-0.2, -0.15) is 13.2 Å². The average Bonchev–Trinajstić information content (AvgIpc) is 2.26. The number of ether oxygens (including phenoxy) is 1. The van der Waals surface area contributed by atoms with Crippen LogP contribution in [0.2, 0.25) is 0 Å². The van der Waals surface area contributed by atoms with Crippen LogP contribution in [0.25, 0.3) is 0 Å². The van der Waals surface area contributed by atoms with Gasteiger partial charge < -0.3 is 4.74 Å². The van der Waals surface area contributed by atoms with Crippen molar-refractivity contribution in [3.8, 4) is 0 Å². The van der Waals surface area contributed by atoms with Crippen molar-refractivity contribution in [1.29, 1.82) is 0 Å². The highest BCUT2D eigenvalue weighted by Gasteiger charge is 2.40. The summed E-state index contributed by atoms with van der Waals surface area (Å²) in [4.78, 5) is 14.3. The van der Waals surface area contributed by atoms with E-state index >= 15 is 0 Å². The Bertz CT molecular complexity index is 490. The minimum Gasteiger partial charge on any atom is -0.462 e. The average molecular weight is 348 g/mol. The van der Waals surface area contributed by atoms with Gasteiger partial charge in [0.1, 0.15) is 0 Å². The molecule has 1 rings (SSSR count). The van der Waals surface area contributed by atoms with Crippen LogP contribution in [0.3, 0.4) is 0 Å². The SMILES string of the molecule is CCOC(=O)c1cnc(C(F)(F)F)c(C(F)F)c1Br. The zero-order valence-corrected chi connectivity index (χ0v) is 11.0. The van der Waals surface area contributed by atoms with Crippen molar-refractivity contribution < 1.29 is 31.5 Å². The van der Waals surface area contributed by atoms with Crippen molar-refractivity contribution >= 4 is 21.9 Å². The topological polar surface area (TPSA) is 39.2 Å². The molecule has 0 bridgehead atoms. The van der Waals surface area contributed by atoms with Crippen LogP contribution < -0.4 is 0 Å². The highest BCUT2D eigenvalue weighted by atomic mass is 79.9. The molecule has 1 aromatic heterocycles. The summed E-state index contributed by atoms with van der Waals surface area (Å²) in [5.74, 6) is -1.03. The van der Waals surface area contributed by atoms with Crippen LogP contribution in [0.4, 0.5) is 22.0 Å². The van der Waals surface area contributed by atoms with Gasteiger partial charge in [0.25, 0.3) is 6.43 Å². The van der Waals surface area contributed by atoms with Gasteiger partial charge in [-0.1, -0.05) is 0 Å². The van der Waals surface area contributed by atoms with E-state index in [1.807, 2.05) is 0 Å². The van der Waals surface area contributed by atoms with Crippen molar-refractivity contribution in [1.82, 2.24) is 4.98 Å². The van der Waals surface area contributed by atoms with E-state index in [2.05, 4.69) is 25.7 Å². The van der Waals surface area contributed by atoms with Gasteiger partial charge in [0.2, 0.25) is 0 Å². The molecule has 0 radical (unpaired) electrons. The molecule has 0 N–H and O–H groups in total. The lowest BCUT2D eigenvalue weighted by atomic mass is 10.1. The van der Waals surface area contributed by atoms with Gasteiger partial charge in [-0.05, 0) is 22.9 Å². The van der Waals surface area contributed by atoms with Gasteiger partial charge in [0, 0.05) is 10.7 Å². The maximum Gasteiger partial charge on any atom is 0.433 e. The van der Waals surface area contributed by atoms with E-state index in [4.69, 9.17) is 0 Å². The van der Waals surface area contributed by atoms with Gasteiger partial charge in [0.15, 0.2) is 5.69 Å². The lowest BCUT2D eigenvalue weighted by Crippen LogP contribution is -2.16. The first kappa shape index (κ1) is 15.8. The molecule has 0 saturated carbocycles. The fourth-order valence-corrected chi connectivity index (χ4v) is 1.91. The van der Waals surface area contributed by atoms with Gasteiger partial charge in [0.05, 0.1) is 17.7 Å². The first-order valence-electron chi connectivity index (χ1n) is 4.91. The van der Waals surface area contributed by atoms with E-state index in [1.54, 1.807) is 0 Å². The third-order valence-electron chi connectivity index (χ3n) is 2.03. The van der Waals surface area contributed by atoms with Gasteiger partial charge in [-0.15, -0.1) is 0 Å². The Labute approximate surface area is 112 Å². The highest BCUT2D eigenvalue weighted by molar-refractivity contribution is 9.10.